The van der Waals surface area contributed by atoms with Crippen molar-refractivity contribution < 1.29 is 0 Å². The minimum Gasteiger partial charge on any atom is -0.395 e. The van der Waals surface area contributed by atoms with Gasteiger partial charge >= 0.3 is 0 Å². The first-order valence-electron chi connectivity index (χ1n) is 5.86. The van der Waals surface area contributed by atoms with E-state index in [9.17, 15) is 0 Å². The third kappa shape index (κ3) is 3.36. The Morgan fingerprint density at radius 3 is 2.72 bits per heavy atom. The molecule has 0 saturated carbocycles. The van der Waals surface area contributed by atoms with Crippen LogP contribution in [0.15, 0.2) is 12.3 Å². The van der Waals surface area contributed by atoms with Crippen LogP contribution in [0.25, 0.3) is 0 Å². The minimum absolute atomic E-state index is 0.388. The first-order chi connectivity index (χ1) is 8.60. The Kier molecular flexibility index (Phi) is 4.95. The van der Waals surface area contributed by atoms with Gasteiger partial charge in [0, 0.05) is 19.3 Å². The van der Waals surface area contributed by atoms with Crippen molar-refractivity contribution in [2.24, 2.45) is 5.92 Å². The molecule has 0 spiro atoms. The van der Waals surface area contributed by atoms with Crippen LogP contribution in [0.1, 0.15) is 25.8 Å². The molecule has 0 aliphatic rings. The first kappa shape index (κ1) is 13.8. The number of hydrogen-bond donors (Lipinski definition) is 1. The quantitative estimate of drug-likeness (QED) is 0.853. The van der Waals surface area contributed by atoms with E-state index in [4.69, 9.17) is 16.3 Å². The summed E-state index contributed by atoms with van der Waals surface area (Å²) in [5.41, 5.74) is 6.74. The first-order valence-corrected chi connectivity index (χ1v) is 5.86. The molecule has 0 aliphatic heterocycles. The van der Waals surface area contributed by atoms with Crippen LogP contribution in [0.3, 0.4) is 0 Å². The predicted octanol–water partition coefficient (Wildman–Crippen LogP) is 1.91. The molecule has 0 bridgehead atoms. The van der Waals surface area contributed by atoms with E-state index in [-0.39, 0.29) is 0 Å². The van der Waals surface area contributed by atoms with Gasteiger partial charge in [-0.3, -0.25) is 0 Å². The molecule has 0 atom stereocenters. The van der Waals surface area contributed by atoms with Gasteiger partial charge in [-0.25, -0.2) is 4.98 Å². The molecule has 2 N–H and O–H groups in total. The fourth-order valence-electron chi connectivity index (χ4n) is 1.72. The number of anilines is 2. The number of nitriles is 2. The maximum atomic E-state index is 8.95. The van der Waals surface area contributed by atoms with Crippen LogP contribution in [0.5, 0.6) is 0 Å². The average Bonchev–Trinajstić information content (AvgIpc) is 2.34. The molecule has 5 nitrogen and oxygen atoms in total. The summed E-state index contributed by atoms with van der Waals surface area (Å²) >= 11 is 0. The van der Waals surface area contributed by atoms with E-state index in [0.29, 0.717) is 36.0 Å². The Morgan fingerprint density at radius 1 is 1.44 bits per heavy atom. The van der Waals surface area contributed by atoms with Gasteiger partial charge in [-0.2, -0.15) is 10.5 Å². The van der Waals surface area contributed by atoms with Crippen molar-refractivity contribution in [3.8, 4) is 12.1 Å². The smallest absolute Gasteiger partial charge is 0.153 e. The van der Waals surface area contributed by atoms with Crippen LogP contribution in [0, 0.1) is 28.6 Å². The molecule has 0 unspecified atom stereocenters. The van der Waals surface area contributed by atoms with Gasteiger partial charge in [0.1, 0.15) is 6.07 Å². The van der Waals surface area contributed by atoms with Crippen molar-refractivity contribution in [2.75, 3.05) is 23.7 Å². The molecule has 5 heteroatoms. The van der Waals surface area contributed by atoms with Crippen LogP contribution in [-0.2, 0) is 0 Å². The average molecular weight is 243 g/mol. The Morgan fingerprint density at radius 2 is 2.17 bits per heavy atom. The molecule has 0 fully saturated rings. The lowest BCUT2D eigenvalue weighted by Crippen LogP contribution is -2.30. The normalized spacial score (nSPS) is 9.83. The number of rotatable bonds is 5. The summed E-state index contributed by atoms with van der Waals surface area (Å²) in [5, 5.41) is 17.6. The van der Waals surface area contributed by atoms with E-state index < -0.39 is 0 Å². The predicted molar refractivity (Wildman–Crippen MR) is 70.6 cm³/mol. The zero-order chi connectivity index (χ0) is 13.5. The summed E-state index contributed by atoms with van der Waals surface area (Å²) in [4.78, 5) is 6.20. The number of nitrogen functional groups attached to an aromatic ring is 1. The molecule has 1 aromatic rings. The summed E-state index contributed by atoms with van der Waals surface area (Å²) in [6.07, 6.45) is 1.98. The van der Waals surface area contributed by atoms with Crippen LogP contribution in [0.2, 0.25) is 0 Å². The second-order valence-corrected chi connectivity index (χ2v) is 4.46. The van der Waals surface area contributed by atoms with Crippen LogP contribution >= 0.6 is 0 Å². The highest BCUT2D eigenvalue weighted by molar-refractivity contribution is 5.70. The van der Waals surface area contributed by atoms with Crippen molar-refractivity contribution in [3.05, 3.63) is 17.8 Å². The van der Waals surface area contributed by atoms with E-state index in [1.54, 1.807) is 12.3 Å². The molecule has 18 heavy (non-hydrogen) atoms. The molecule has 0 aliphatic carbocycles. The Bertz CT molecular complexity index is 481. The molecule has 0 aromatic carbocycles. The third-order valence-electron chi connectivity index (χ3n) is 2.47. The number of hydrogen-bond acceptors (Lipinski definition) is 5. The molecule has 1 aromatic heterocycles. The summed E-state index contributed by atoms with van der Waals surface area (Å²) in [6.45, 7) is 5.50. The van der Waals surface area contributed by atoms with E-state index >= 15 is 0 Å². The van der Waals surface area contributed by atoms with Crippen LogP contribution in [0.4, 0.5) is 11.5 Å². The van der Waals surface area contributed by atoms with E-state index in [1.807, 2.05) is 11.0 Å². The molecule has 1 heterocycles. The topological polar surface area (TPSA) is 89.7 Å². The van der Waals surface area contributed by atoms with Crippen LogP contribution in [-0.4, -0.2) is 18.1 Å². The minimum atomic E-state index is 0.388. The summed E-state index contributed by atoms with van der Waals surface area (Å²) in [7, 11) is 0. The lowest BCUT2D eigenvalue weighted by Gasteiger charge is -2.26. The highest BCUT2D eigenvalue weighted by atomic mass is 15.2. The molecule has 1 rings (SSSR count). The Balaban J connectivity index is 3.05. The van der Waals surface area contributed by atoms with Gasteiger partial charge in [-0.1, -0.05) is 13.8 Å². The lowest BCUT2D eigenvalue weighted by molar-refractivity contribution is 0.608. The standard InChI is InChI=1S/C13H17N5/c1-10(2)9-18(7-3-5-14)13-12(16)11(8-15)4-6-17-13/h4,6,10H,3,7,9,16H2,1-2H3. The van der Waals surface area contributed by atoms with Gasteiger partial charge in [-0.05, 0) is 12.0 Å². The molecule has 0 saturated heterocycles. The second-order valence-electron chi connectivity index (χ2n) is 4.46. The number of nitrogens with two attached hydrogens (primary N) is 1. The fraction of sp³-hybridized carbons (Fsp3) is 0.462. The molecular weight excluding hydrogens is 226 g/mol. The number of nitrogens with zero attached hydrogens (tertiary/aromatic N) is 4. The third-order valence-corrected chi connectivity index (χ3v) is 2.47. The van der Waals surface area contributed by atoms with Crippen molar-refractivity contribution in [3.63, 3.8) is 0 Å². The highest BCUT2D eigenvalue weighted by Gasteiger charge is 2.14. The molecule has 0 radical (unpaired) electrons. The Hall–Kier alpha value is -2.27. The van der Waals surface area contributed by atoms with E-state index in [2.05, 4.69) is 24.9 Å². The van der Waals surface area contributed by atoms with Crippen LogP contribution < -0.4 is 10.6 Å². The van der Waals surface area contributed by atoms with Crippen molar-refractivity contribution in [1.29, 1.82) is 10.5 Å². The lowest BCUT2D eigenvalue weighted by atomic mass is 10.1. The summed E-state index contributed by atoms with van der Waals surface area (Å²) < 4.78 is 0. The van der Waals surface area contributed by atoms with Gasteiger partial charge in [-0.15, -0.1) is 0 Å². The molecule has 94 valence electrons. The monoisotopic (exact) mass is 243 g/mol. The summed E-state index contributed by atoms with van der Waals surface area (Å²) in [6, 6.07) is 5.75. The van der Waals surface area contributed by atoms with Crippen molar-refractivity contribution in [1.82, 2.24) is 4.98 Å². The van der Waals surface area contributed by atoms with Gasteiger partial charge in [0.2, 0.25) is 0 Å². The molecule has 0 amide bonds. The van der Waals surface area contributed by atoms with Gasteiger partial charge in [0.15, 0.2) is 5.82 Å². The fourth-order valence-corrected chi connectivity index (χ4v) is 1.72. The number of aromatic nitrogens is 1. The summed E-state index contributed by atoms with van der Waals surface area (Å²) in [5.74, 6) is 1.02. The van der Waals surface area contributed by atoms with E-state index in [0.717, 1.165) is 6.54 Å². The highest BCUT2D eigenvalue weighted by Crippen LogP contribution is 2.24. The number of pyridine rings is 1. The van der Waals surface area contributed by atoms with Crippen molar-refractivity contribution in [2.45, 2.75) is 20.3 Å². The largest absolute Gasteiger partial charge is 0.395 e. The SMILES string of the molecule is CC(C)CN(CCC#N)c1nccc(C#N)c1N. The molecular formula is C13H17N5. The maximum absolute atomic E-state index is 8.95. The maximum Gasteiger partial charge on any atom is 0.153 e. The zero-order valence-corrected chi connectivity index (χ0v) is 10.7. The van der Waals surface area contributed by atoms with Gasteiger partial charge < -0.3 is 10.6 Å². The second kappa shape index (κ2) is 6.46. The van der Waals surface area contributed by atoms with Gasteiger partial charge in [0.25, 0.3) is 0 Å². The van der Waals surface area contributed by atoms with Gasteiger partial charge in [0.05, 0.1) is 23.7 Å². The van der Waals surface area contributed by atoms with Crippen molar-refractivity contribution >= 4 is 11.5 Å². The Labute approximate surface area is 107 Å². The zero-order valence-electron chi connectivity index (χ0n) is 10.7. The van der Waals surface area contributed by atoms with E-state index in [1.165, 1.54) is 0 Å².